The third-order valence-electron chi connectivity index (χ3n) is 4.08. The first-order valence-electron chi connectivity index (χ1n) is 7.21. The standard InChI is InChI=1S/C15H18N4O2S/c16-14-12(8-22-19-14)15(21)18-13(10-6-11(20)7-10)5-9-1-3-17-4-2-9/h1-4,8,10-11,13,20H,5-7H2,(H2,16,19)(H,18,21). The second-order valence-corrected chi connectivity index (χ2v) is 6.27. The van der Waals surface area contributed by atoms with Crippen LogP contribution >= 0.6 is 11.5 Å². The van der Waals surface area contributed by atoms with Gasteiger partial charge in [0, 0.05) is 23.8 Å². The van der Waals surface area contributed by atoms with Gasteiger partial charge in [-0.3, -0.25) is 9.78 Å². The second kappa shape index (κ2) is 6.41. The van der Waals surface area contributed by atoms with E-state index in [4.69, 9.17) is 5.73 Å². The van der Waals surface area contributed by atoms with Crippen molar-refractivity contribution in [1.29, 1.82) is 0 Å². The third-order valence-corrected chi connectivity index (χ3v) is 4.73. The van der Waals surface area contributed by atoms with E-state index in [-0.39, 0.29) is 29.8 Å². The van der Waals surface area contributed by atoms with Crippen molar-refractivity contribution in [2.75, 3.05) is 5.73 Å². The van der Waals surface area contributed by atoms with Gasteiger partial charge in [-0.15, -0.1) is 0 Å². The molecule has 0 saturated heterocycles. The van der Waals surface area contributed by atoms with Crippen LogP contribution in [0.15, 0.2) is 29.9 Å². The number of hydrogen-bond donors (Lipinski definition) is 3. The number of nitrogens with two attached hydrogens (primary N) is 1. The van der Waals surface area contributed by atoms with Gasteiger partial charge >= 0.3 is 0 Å². The summed E-state index contributed by atoms with van der Waals surface area (Å²) in [6, 6.07) is 3.85. The van der Waals surface area contributed by atoms with Gasteiger partial charge in [-0.05, 0) is 54.4 Å². The number of amides is 1. The molecule has 0 aliphatic heterocycles. The number of aliphatic hydroxyl groups is 1. The summed E-state index contributed by atoms with van der Waals surface area (Å²) in [5.74, 6) is 0.338. The van der Waals surface area contributed by atoms with Crippen LogP contribution in [0, 0.1) is 5.92 Å². The van der Waals surface area contributed by atoms with Gasteiger partial charge in [-0.1, -0.05) is 0 Å². The van der Waals surface area contributed by atoms with Gasteiger partial charge < -0.3 is 16.2 Å². The molecule has 7 heteroatoms. The van der Waals surface area contributed by atoms with Crippen molar-refractivity contribution in [3.05, 3.63) is 41.0 Å². The number of nitrogen functional groups attached to an aromatic ring is 1. The highest BCUT2D eigenvalue weighted by Gasteiger charge is 2.35. The SMILES string of the molecule is Nc1nscc1C(=O)NC(Cc1ccncc1)C1CC(O)C1. The maximum absolute atomic E-state index is 12.4. The Kier molecular flexibility index (Phi) is 4.35. The highest BCUT2D eigenvalue weighted by atomic mass is 32.1. The fourth-order valence-corrected chi connectivity index (χ4v) is 3.33. The molecule has 1 amide bonds. The van der Waals surface area contributed by atoms with E-state index in [1.807, 2.05) is 12.1 Å². The molecule has 1 aliphatic carbocycles. The maximum atomic E-state index is 12.4. The Hall–Kier alpha value is -1.99. The lowest BCUT2D eigenvalue weighted by Gasteiger charge is -2.38. The number of aliphatic hydroxyl groups excluding tert-OH is 1. The average Bonchev–Trinajstić information content (AvgIpc) is 2.91. The Bertz CT molecular complexity index is 640. The lowest BCUT2D eigenvalue weighted by Crippen LogP contribution is -2.48. The van der Waals surface area contributed by atoms with Crippen molar-refractivity contribution in [3.63, 3.8) is 0 Å². The number of anilines is 1. The van der Waals surface area contributed by atoms with Gasteiger partial charge in [0.2, 0.25) is 0 Å². The van der Waals surface area contributed by atoms with Gasteiger partial charge in [0.05, 0.1) is 11.7 Å². The van der Waals surface area contributed by atoms with E-state index >= 15 is 0 Å². The molecule has 0 aromatic carbocycles. The van der Waals surface area contributed by atoms with Crippen LogP contribution in [0.3, 0.4) is 0 Å². The van der Waals surface area contributed by atoms with Gasteiger partial charge in [-0.2, -0.15) is 4.37 Å². The van der Waals surface area contributed by atoms with Gasteiger partial charge in [0.1, 0.15) is 5.82 Å². The molecule has 3 rings (SSSR count). The number of carbonyl (C=O) groups is 1. The normalized spacial score (nSPS) is 21.9. The van der Waals surface area contributed by atoms with Gasteiger partial charge in [-0.25, -0.2) is 0 Å². The zero-order valence-corrected chi connectivity index (χ0v) is 12.8. The molecule has 0 bridgehead atoms. The van der Waals surface area contributed by atoms with Crippen molar-refractivity contribution in [2.24, 2.45) is 5.92 Å². The van der Waals surface area contributed by atoms with E-state index in [1.165, 1.54) is 11.5 Å². The van der Waals surface area contributed by atoms with Crippen LogP contribution in [0.1, 0.15) is 28.8 Å². The zero-order valence-electron chi connectivity index (χ0n) is 12.0. The molecule has 116 valence electrons. The van der Waals surface area contributed by atoms with Crippen LogP contribution in [0.2, 0.25) is 0 Å². The summed E-state index contributed by atoms with van der Waals surface area (Å²) in [5, 5.41) is 14.2. The van der Waals surface area contributed by atoms with E-state index in [9.17, 15) is 9.90 Å². The zero-order chi connectivity index (χ0) is 15.5. The number of rotatable bonds is 5. The molecule has 1 atom stereocenters. The topological polar surface area (TPSA) is 101 Å². The first kappa shape index (κ1) is 14.9. The predicted octanol–water partition coefficient (Wildman–Crippen LogP) is 1.23. The van der Waals surface area contributed by atoms with Gasteiger partial charge in [0.15, 0.2) is 0 Å². The molecule has 0 radical (unpaired) electrons. The first-order chi connectivity index (χ1) is 10.6. The second-order valence-electron chi connectivity index (χ2n) is 5.64. The minimum absolute atomic E-state index is 0.0300. The number of carbonyl (C=O) groups excluding carboxylic acids is 1. The lowest BCUT2D eigenvalue weighted by atomic mass is 9.75. The Labute approximate surface area is 132 Å². The van der Waals surface area contributed by atoms with Crippen LogP contribution in [0.25, 0.3) is 0 Å². The minimum Gasteiger partial charge on any atom is -0.393 e. The molecule has 6 nitrogen and oxygen atoms in total. The lowest BCUT2D eigenvalue weighted by molar-refractivity contribution is 0.0239. The van der Waals surface area contributed by atoms with Crippen LogP contribution in [-0.4, -0.2) is 32.5 Å². The summed E-state index contributed by atoms with van der Waals surface area (Å²) in [5.41, 5.74) is 7.23. The molecule has 2 aromatic heterocycles. The molecule has 1 fully saturated rings. The predicted molar refractivity (Wildman–Crippen MR) is 84.5 cm³/mol. The molecular weight excluding hydrogens is 300 g/mol. The third kappa shape index (κ3) is 3.26. The number of hydrogen-bond acceptors (Lipinski definition) is 6. The first-order valence-corrected chi connectivity index (χ1v) is 8.05. The summed E-state index contributed by atoms with van der Waals surface area (Å²) < 4.78 is 3.93. The van der Waals surface area contributed by atoms with Crippen LogP contribution in [-0.2, 0) is 6.42 Å². The maximum Gasteiger partial charge on any atom is 0.256 e. The number of aromatic nitrogens is 2. The van der Waals surface area contributed by atoms with E-state index in [0.717, 1.165) is 5.56 Å². The Morgan fingerprint density at radius 1 is 1.45 bits per heavy atom. The van der Waals surface area contributed by atoms with Crippen molar-refractivity contribution in [1.82, 2.24) is 14.7 Å². The molecule has 2 heterocycles. The summed E-state index contributed by atoms with van der Waals surface area (Å²) in [6.45, 7) is 0. The van der Waals surface area contributed by atoms with E-state index < -0.39 is 0 Å². The summed E-state index contributed by atoms with van der Waals surface area (Å²) in [7, 11) is 0. The Morgan fingerprint density at radius 2 is 2.18 bits per heavy atom. The molecule has 1 aliphatic rings. The monoisotopic (exact) mass is 318 g/mol. The molecule has 1 unspecified atom stereocenters. The summed E-state index contributed by atoms with van der Waals surface area (Å²) in [6.07, 6.45) is 5.37. The van der Waals surface area contributed by atoms with Crippen LogP contribution < -0.4 is 11.1 Å². The van der Waals surface area contributed by atoms with E-state index in [1.54, 1.807) is 17.8 Å². The van der Waals surface area contributed by atoms with Crippen molar-refractivity contribution >= 4 is 23.3 Å². The average molecular weight is 318 g/mol. The minimum atomic E-state index is -0.255. The summed E-state index contributed by atoms with van der Waals surface area (Å²) in [4.78, 5) is 16.4. The molecule has 22 heavy (non-hydrogen) atoms. The quantitative estimate of drug-likeness (QED) is 0.770. The fourth-order valence-electron chi connectivity index (χ4n) is 2.73. The number of nitrogens with zero attached hydrogens (tertiary/aromatic N) is 2. The number of nitrogens with one attached hydrogen (secondary N) is 1. The van der Waals surface area contributed by atoms with Crippen LogP contribution in [0.5, 0.6) is 0 Å². The van der Waals surface area contributed by atoms with Crippen LogP contribution in [0.4, 0.5) is 5.82 Å². The van der Waals surface area contributed by atoms with Gasteiger partial charge in [0.25, 0.3) is 5.91 Å². The molecule has 4 N–H and O–H groups in total. The molecular formula is C15H18N4O2S. The van der Waals surface area contributed by atoms with E-state index in [0.29, 0.717) is 24.8 Å². The highest BCUT2D eigenvalue weighted by molar-refractivity contribution is 7.04. The fraction of sp³-hybridized carbons (Fsp3) is 0.400. The van der Waals surface area contributed by atoms with Crippen molar-refractivity contribution < 1.29 is 9.90 Å². The molecule has 2 aromatic rings. The molecule has 1 saturated carbocycles. The van der Waals surface area contributed by atoms with Crippen molar-refractivity contribution in [2.45, 2.75) is 31.4 Å². The Morgan fingerprint density at radius 3 is 2.77 bits per heavy atom. The summed E-state index contributed by atoms with van der Waals surface area (Å²) >= 11 is 1.17. The molecule has 0 spiro atoms. The van der Waals surface area contributed by atoms with Crippen molar-refractivity contribution in [3.8, 4) is 0 Å². The smallest absolute Gasteiger partial charge is 0.256 e. The Balaban J connectivity index is 1.71. The largest absolute Gasteiger partial charge is 0.393 e. The highest BCUT2D eigenvalue weighted by Crippen LogP contribution is 2.32. The van der Waals surface area contributed by atoms with E-state index in [2.05, 4.69) is 14.7 Å². The number of pyridine rings is 1.